The highest BCUT2D eigenvalue weighted by Gasteiger charge is 2.27. The fourth-order valence-electron chi connectivity index (χ4n) is 2.99. The molecule has 1 aromatic rings. The molecule has 0 radical (unpaired) electrons. The molecule has 0 bridgehead atoms. The second-order valence-electron chi connectivity index (χ2n) is 6.84. The largest absolute Gasteiger partial charge is 0.307 e. The Bertz CT molecular complexity index is 431. The summed E-state index contributed by atoms with van der Waals surface area (Å²) in [6.07, 6.45) is 2.43. The predicted molar refractivity (Wildman–Crippen MR) is 87.4 cm³/mol. The topological polar surface area (TPSA) is 15.3 Å². The minimum atomic E-state index is 0.291. The van der Waals surface area contributed by atoms with E-state index in [0.717, 1.165) is 5.02 Å². The van der Waals surface area contributed by atoms with Gasteiger partial charge in [-0.3, -0.25) is 4.90 Å². The van der Waals surface area contributed by atoms with E-state index in [2.05, 4.69) is 50.0 Å². The van der Waals surface area contributed by atoms with Crippen LogP contribution in [0, 0.1) is 0 Å². The van der Waals surface area contributed by atoms with Crippen LogP contribution in [0.1, 0.15) is 52.1 Å². The summed E-state index contributed by atoms with van der Waals surface area (Å²) >= 11 is 6.27. The Morgan fingerprint density at radius 3 is 2.35 bits per heavy atom. The van der Waals surface area contributed by atoms with Gasteiger partial charge in [0.1, 0.15) is 0 Å². The standard InChI is InChI=1S/C17H27ClN2/c1-13(15-7-5-6-8-16(15)18)19-14-9-11-20(12-10-14)17(2,3)4/h5-8,13-14,19H,9-12H2,1-4H3. The van der Waals surface area contributed by atoms with Crippen LogP contribution in [-0.2, 0) is 0 Å². The highest BCUT2D eigenvalue weighted by Crippen LogP contribution is 2.25. The molecule has 2 nitrogen and oxygen atoms in total. The van der Waals surface area contributed by atoms with E-state index in [9.17, 15) is 0 Å². The Hall–Kier alpha value is -0.570. The Balaban J connectivity index is 1.88. The fourth-order valence-corrected chi connectivity index (χ4v) is 3.29. The Kier molecular flexibility index (Phi) is 5.11. The lowest BCUT2D eigenvalue weighted by Crippen LogP contribution is -2.50. The van der Waals surface area contributed by atoms with Crippen molar-refractivity contribution in [2.75, 3.05) is 13.1 Å². The summed E-state index contributed by atoms with van der Waals surface area (Å²) < 4.78 is 0. The van der Waals surface area contributed by atoms with Crippen LogP contribution in [0.5, 0.6) is 0 Å². The van der Waals surface area contributed by atoms with Gasteiger partial charge >= 0.3 is 0 Å². The molecule has 1 atom stereocenters. The van der Waals surface area contributed by atoms with E-state index in [4.69, 9.17) is 11.6 Å². The van der Waals surface area contributed by atoms with E-state index in [0.29, 0.717) is 17.6 Å². The van der Waals surface area contributed by atoms with Crippen LogP contribution >= 0.6 is 11.6 Å². The van der Waals surface area contributed by atoms with Crippen LogP contribution in [0.15, 0.2) is 24.3 Å². The summed E-state index contributed by atoms with van der Waals surface area (Å²) in [6, 6.07) is 9.04. The molecule has 1 N–H and O–H groups in total. The monoisotopic (exact) mass is 294 g/mol. The maximum Gasteiger partial charge on any atom is 0.0453 e. The summed E-state index contributed by atoms with van der Waals surface area (Å²) in [4.78, 5) is 2.57. The predicted octanol–water partition coefficient (Wildman–Crippen LogP) is 4.25. The lowest BCUT2D eigenvalue weighted by atomic mass is 9.97. The maximum atomic E-state index is 6.27. The molecule has 2 rings (SSSR count). The molecule has 1 unspecified atom stereocenters. The molecule has 0 spiro atoms. The smallest absolute Gasteiger partial charge is 0.0453 e. The van der Waals surface area contributed by atoms with Crippen LogP contribution in [0.2, 0.25) is 5.02 Å². The van der Waals surface area contributed by atoms with Crippen molar-refractivity contribution in [3.63, 3.8) is 0 Å². The number of benzene rings is 1. The third-order valence-electron chi connectivity index (χ3n) is 4.30. The lowest BCUT2D eigenvalue weighted by Gasteiger charge is -2.41. The van der Waals surface area contributed by atoms with Gasteiger partial charge in [0, 0.05) is 35.7 Å². The van der Waals surface area contributed by atoms with Crippen molar-refractivity contribution in [2.24, 2.45) is 0 Å². The van der Waals surface area contributed by atoms with Gasteiger partial charge in [0.05, 0.1) is 0 Å². The summed E-state index contributed by atoms with van der Waals surface area (Å²) in [5, 5.41) is 4.60. The molecular weight excluding hydrogens is 268 g/mol. The summed E-state index contributed by atoms with van der Waals surface area (Å²) in [6.45, 7) is 11.5. The molecule has 1 aliphatic rings. The van der Waals surface area contributed by atoms with Crippen molar-refractivity contribution in [2.45, 2.75) is 58.2 Å². The van der Waals surface area contributed by atoms with Crippen molar-refractivity contribution < 1.29 is 0 Å². The van der Waals surface area contributed by atoms with Gasteiger partial charge in [-0.2, -0.15) is 0 Å². The minimum Gasteiger partial charge on any atom is -0.307 e. The first-order valence-corrected chi connectivity index (χ1v) is 8.01. The molecule has 20 heavy (non-hydrogen) atoms. The van der Waals surface area contributed by atoms with Crippen molar-refractivity contribution in [3.05, 3.63) is 34.9 Å². The van der Waals surface area contributed by atoms with E-state index in [1.165, 1.54) is 31.5 Å². The highest BCUT2D eigenvalue weighted by molar-refractivity contribution is 6.31. The van der Waals surface area contributed by atoms with Gasteiger partial charge in [-0.1, -0.05) is 29.8 Å². The SMILES string of the molecule is CC(NC1CCN(C(C)(C)C)CC1)c1ccccc1Cl. The lowest BCUT2D eigenvalue weighted by molar-refractivity contribution is 0.0942. The fraction of sp³-hybridized carbons (Fsp3) is 0.647. The van der Waals surface area contributed by atoms with Gasteiger partial charge in [0.2, 0.25) is 0 Å². The third-order valence-corrected chi connectivity index (χ3v) is 4.65. The molecule has 112 valence electrons. The number of nitrogens with zero attached hydrogens (tertiary/aromatic N) is 1. The van der Waals surface area contributed by atoms with Crippen molar-refractivity contribution in [3.8, 4) is 0 Å². The van der Waals surface area contributed by atoms with Crippen LogP contribution in [-0.4, -0.2) is 29.6 Å². The van der Waals surface area contributed by atoms with Gasteiger partial charge in [-0.25, -0.2) is 0 Å². The molecule has 1 aliphatic heterocycles. The quantitative estimate of drug-likeness (QED) is 0.896. The molecular formula is C17H27ClN2. The van der Waals surface area contributed by atoms with E-state index < -0.39 is 0 Å². The Labute approximate surface area is 128 Å². The van der Waals surface area contributed by atoms with Crippen LogP contribution in [0.3, 0.4) is 0 Å². The molecule has 1 aromatic carbocycles. The number of hydrogen-bond acceptors (Lipinski definition) is 2. The molecule has 1 saturated heterocycles. The Morgan fingerprint density at radius 2 is 1.80 bits per heavy atom. The van der Waals surface area contributed by atoms with E-state index in [1.807, 2.05) is 12.1 Å². The molecule has 0 saturated carbocycles. The maximum absolute atomic E-state index is 6.27. The first kappa shape index (κ1) is 15.8. The second kappa shape index (κ2) is 6.46. The van der Waals surface area contributed by atoms with Gasteiger partial charge in [-0.05, 0) is 52.2 Å². The van der Waals surface area contributed by atoms with Crippen molar-refractivity contribution in [1.82, 2.24) is 10.2 Å². The molecule has 0 amide bonds. The zero-order valence-corrected chi connectivity index (χ0v) is 13.9. The van der Waals surface area contributed by atoms with Crippen LogP contribution in [0.25, 0.3) is 0 Å². The van der Waals surface area contributed by atoms with E-state index in [-0.39, 0.29) is 0 Å². The van der Waals surface area contributed by atoms with Crippen LogP contribution in [0.4, 0.5) is 0 Å². The summed E-state index contributed by atoms with van der Waals surface area (Å²) in [5.41, 5.74) is 1.49. The van der Waals surface area contributed by atoms with Crippen molar-refractivity contribution >= 4 is 11.6 Å². The number of hydrogen-bond donors (Lipinski definition) is 1. The molecule has 0 aliphatic carbocycles. The Morgan fingerprint density at radius 1 is 1.20 bits per heavy atom. The molecule has 0 aromatic heterocycles. The number of nitrogens with one attached hydrogen (secondary N) is 1. The molecule has 1 heterocycles. The first-order valence-electron chi connectivity index (χ1n) is 7.63. The van der Waals surface area contributed by atoms with Crippen LogP contribution < -0.4 is 5.32 Å². The highest BCUT2D eigenvalue weighted by atomic mass is 35.5. The van der Waals surface area contributed by atoms with Gasteiger partial charge < -0.3 is 5.32 Å². The van der Waals surface area contributed by atoms with Crippen molar-refractivity contribution in [1.29, 1.82) is 0 Å². The molecule has 1 fully saturated rings. The minimum absolute atomic E-state index is 0.291. The zero-order chi connectivity index (χ0) is 14.8. The average molecular weight is 295 g/mol. The van der Waals surface area contributed by atoms with Gasteiger partial charge in [-0.15, -0.1) is 0 Å². The number of halogens is 1. The number of piperidine rings is 1. The summed E-state index contributed by atoms with van der Waals surface area (Å²) in [5.74, 6) is 0. The van der Waals surface area contributed by atoms with Gasteiger partial charge in [0.25, 0.3) is 0 Å². The van der Waals surface area contributed by atoms with E-state index in [1.54, 1.807) is 0 Å². The average Bonchev–Trinajstić information content (AvgIpc) is 2.38. The molecule has 3 heteroatoms. The second-order valence-corrected chi connectivity index (χ2v) is 7.25. The number of likely N-dealkylation sites (tertiary alicyclic amines) is 1. The normalized spacial score (nSPS) is 20.1. The van der Waals surface area contributed by atoms with E-state index >= 15 is 0 Å². The third kappa shape index (κ3) is 3.97. The number of rotatable bonds is 3. The first-order chi connectivity index (χ1) is 9.38. The summed E-state index contributed by atoms with van der Waals surface area (Å²) in [7, 11) is 0. The van der Waals surface area contributed by atoms with Gasteiger partial charge in [0.15, 0.2) is 0 Å². The zero-order valence-electron chi connectivity index (χ0n) is 13.1.